The first-order valence-corrected chi connectivity index (χ1v) is 7.29. The summed E-state index contributed by atoms with van der Waals surface area (Å²) >= 11 is 0. The Hall–Kier alpha value is -2.08. The van der Waals surface area contributed by atoms with Crippen molar-refractivity contribution in [3.05, 3.63) is 29.8 Å². The summed E-state index contributed by atoms with van der Waals surface area (Å²) in [5.74, 6) is -0.108. The Morgan fingerprint density at radius 3 is 2.81 bits per heavy atom. The smallest absolute Gasteiger partial charge is 0.321 e. The summed E-state index contributed by atoms with van der Waals surface area (Å²) in [4.78, 5) is 25.3. The third-order valence-electron chi connectivity index (χ3n) is 3.81. The Morgan fingerprint density at radius 1 is 1.38 bits per heavy atom. The molecule has 0 aromatic heterocycles. The predicted octanol–water partition coefficient (Wildman–Crippen LogP) is 1.12. The summed E-state index contributed by atoms with van der Waals surface area (Å²) in [6.07, 6.45) is 2.21. The second-order valence-electron chi connectivity index (χ2n) is 5.28. The summed E-state index contributed by atoms with van der Waals surface area (Å²) < 4.78 is 5.47. The molecule has 6 heteroatoms. The zero-order valence-electron chi connectivity index (χ0n) is 11.8. The van der Waals surface area contributed by atoms with Gasteiger partial charge in [0.1, 0.15) is 0 Å². The fraction of sp³-hybridized carbons (Fsp3) is 0.467. The predicted molar refractivity (Wildman–Crippen MR) is 78.5 cm³/mol. The molecule has 0 bridgehead atoms. The minimum Gasteiger partial charge on any atom is -0.376 e. The molecule has 3 rings (SSSR count). The van der Waals surface area contributed by atoms with Gasteiger partial charge in [-0.3, -0.25) is 9.69 Å². The lowest BCUT2D eigenvalue weighted by molar-refractivity contribution is 0.0858. The molecule has 6 nitrogen and oxygen atoms in total. The summed E-state index contributed by atoms with van der Waals surface area (Å²) in [5.41, 5.74) is 1.40. The van der Waals surface area contributed by atoms with Crippen LogP contribution in [0.5, 0.6) is 0 Å². The maximum atomic E-state index is 12.0. The minimum atomic E-state index is -0.108. The largest absolute Gasteiger partial charge is 0.376 e. The number of urea groups is 1. The molecule has 0 spiro atoms. The van der Waals surface area contributed by atoms with Crippen LogP contribution in [0.4, 0.5) is 10.5 Å². The number of hydrogen-bond donors (Lipinski definition) is 2. The number of anilines is 1. The fourth-order valence-corrected chi connectivity index (χ4v) is 2.62. The van der Waals surface area contributed by atoms with Crippen LogP contribution < -0.4 is 15.5 Å². The van der Waals surface area contributed by atoms with Crippen LogP contribution >= 0.6 is 0 Å². The molecule has 2 N–H and O–H groups in total. The lowest BCUT2D eigenvalue weighted by atomic mass is 10.1. The van der Waals surface area contributed by atoms with Crippen LogP contribution in [0, 0.1) is 0 Å². The van der Waals surface area contributed by atoms with Gasteiger partial charge in [-0.05, 0) is 37.1 Å². The Kier molecular flexibility index (Phi) is 4.06. The lowest BCUT2D eigenvalue weighted by Gasteiger charge is -2.15. The van der Waals surface area contributed by atoms with E-state index in [1.807, 2.05) is 0 Å². The van der Waals surface area contributed by atoms with Crippen molar-refractivity contribution in [2.24, 2.45) is 0 Å². The highest BCUT2D eigenvalue weighted by Gasteiger charge is 2.21. The van der Waals surface area contributed by atoms with Crippen LogP contribution in [0.25, 0.3) is 0 Å². The highest BCUT2D eigenvalue weighted by Crippen LogP contribution is 2.17. The van der Waals surface area contributed by atoms with Crippen molar-refractivity contribution in [2.75, 3.05) is 31.1 Å². The van der Waals surface area contributed by atoms with E-state index in [1.54, 1.807) is 29.2 Å². The molecule has 3 amide bonds. The number of amides is 3. The molecule has 2 fully saturated rings. The molecular weight excluding hydrogens is 270 g/mol. The SMILES string of the molecule is O=C(NC[C@@H]1CCCO1)c1ccc(N2CCNC2=O)cc1. The highest BCUT2D eigenvalue weighted by molar-refractivity contribution is 5.97. The van der Waals surface area contributed by atoms with Gasteiger partial charge in [0.2, 0.25) is 0 Å². The Morgan fingerprint density at radius 2 is 2.19 bits per heavy atom. The minimum absolute atomic E-state index is 0.0921. The standard InChI is InChI=1S/C15H19N3O3/c19-14(17-10-13-2-1-9-21-13)11-3-5-12(6-4-11)18-8-7-16-15(18)20/h3-6,13H,1-2,7-10H2,(H,16,20)(H,17,19)/t13-/m0/s1. The van der Waals surface area contributed by atoms with E-state index in [-0.39, 0.29) is 18.0 Å². The van der Waals surface area contributed by atoms with Crippen LogP contribution in [-0.2, 0) is 4.74 Å². The van der Waals surface area contributed by atoms with E-state index >= 15 is 0 Å². The molecule has 0 unspecified atom stereocenters. The molecule has 2 aliphatic heterocycles. The summed E-state index contributed by atoms with van der Waals surface area (Å²) in [6, 6.07) is 6.99. The number of rotatable bonds is 4. The van der Waals surface area contributed by atoms with Gasteiger partial charge in [-0.15, -0.1) is 0 Å². The van der Waals surface area contributed by atoms with Gasteiger partial charge in [0.15, 0.2) is 0 Å². The van der Waals surface area contributed by atoms with E-state index in [0.717, 1.165) is 25.1 Å². The maximum absolute atomic E-state index is 12.0. The fourth-order valence-electron chi connectivity index (χ4n) is 2.62. The average Bonchev–Trinajstić information content (AvgIpc) is 3.16. The summed E-state index contributed by atoms with van der Waals surface area (Å²) in [6.45, 7) is 2.65. The molecule has 1 aromatic rings. The van der Waals surface area contributed by atoms with Gasteiger partial charge in [0.05, 0.1) is 6.10 Å². The van der Waals surface area contributed by atoms with Crippen molar-refractivity contribution in [3.63, 3.8) is 0 Å². The van der Waals surface area contributed by atoms with Crippen LogP contribution in [0.1, 0.15) is 23.2 Å². The van der Waals surface area contributed by atoms with Crippen molar-refractivity contribution >= 4 is 17.6 Å². The van der Waals surface area contributed by atoms with Crippen molar-refractivity contribution in [3.8, 4) is 0 Å². The van der Waals surface area contributed by atoms with Gasteiger partial charge in [-0.1, -0.05) is 0 Å². The molecule has 2 heterocycles. The maximum Gasteiger partial charge on any atom is 0.321 e. The lowest BCUT2D eigenvalue weighted by Crippen LogP contribution is -2.32. The van der Waals surface area contributed by atoms with Crippen molar-refractivity contribution in [1.29, 1.82) is 0 Å². The number of hydrogen-bond acceptors (Lipinski definition) is 3. The molecule has 0 radical (unpaired) electrons. The molecule has 0 saturated carbocycles. The highest BCUT2D eigenvalue weighted by atomic mass is 16.5. The molecule has 1 atom stereocenters. The van der Waals surface area contributed by atoms with Gasteiger partial charge in [0.25, 0.3) is 5.91 Å². The van der Waals surface area contributed by atoms with Crippen LogP contribution in [0.15, 0.2) is 24.3 Å². The normalized spacial score (nSPS) is 21.4. The summed E-state index contributed by atoms with van der Waals surface area (Å²) in [5, 5.41) is 5.63. The zero-order chi connectivity index (χ0) is 14.7. The van der Waals surface area contributed by atoms with Crippen LogP contribution in [0.2, 0.25) is 0 Å². The number of nitrogens with one attached hydrogen (secondary N) is 2. The van der Waals surface area contributed by atoms with E-state index in [2.05, 4.69) is 10.6 Å². The second-order valence-corrected chi connectivity index (χ2v) is 5.28. The monoisotopic (exact) mass is 289 g/mol. The zero-order valence-corrected chi connectivity index (χ0v) is 11.8. The Labute approximate surface area is 123 Å². The molecule has 0 aliphatic carbocycles. The van der Waals surface area contributed by atoms with Crippen LogP contribution in [0.3, 0.4) is 0 Å². The van der Waals surface area contributed by atoms with Crippen molar-refractivity contribution in [2.45, 2.75) is 18.9 Å². The third kappa shape index (κ3) is 3.16. The number of benzene rings is 1. The molecule has 2 saturated heterocycles. The van der Waals surface area contributed by atoms with Gasteiger partial charge in [-0.2, -0.15) is 0 Å². The quantitative estimate of drug-likeness (QED) is 0.872. The van der Waals surface area contributed by atoms with E-state index in [9.17, 15) is 9.59 Å². The number of nitrogens with zero attached hydrogens (tertiary/aromatic N) is 1. The van der Waals surface area contributed by atoms with E-state index in [0.29, 0.717) is 25.2 Å². The number of ether oxygens (including phenoxy) is 1. The van der Waals surface area contributed by atoms with E-state index in [1.165, 1.54) is 0 Å². The van der Waals surface area contributed by atoms with Gasteiger partial charge in [-0.25, -0.2) is 4.79 Å². The number of carbonyl (C=O) groups excluding carboxylic acids is 2. The third-order valence-corrected chi connectivity index (χ3v) is 3.81. The van der Waals surface area contributed by atoms with Crippen LogP contribution in [-0.4, -0.2) is 44.3 Å². The Bertz CT molecular complexity index is 523. The summed E-state index contributed by atoms with van der Waals surface area (Å²) in [7, 11) is 0. The molecule has 112 valence electrons. The Balaban J connectivity index is 1.58. The van der Waals surface area contributed by atoms with Crippen molar-refractivity contribution < 1.29 is 14.3 Å². The van der Waals surface area contributed by atoms with E-state index < -0.39 is 0 Å². The first kappa shape index (κ1) is 13.9. The second kappa shape index (κ2) is 6.13. The molecule has 1 aromatic carbocycles. The first-order chi connectivity index (χ1) is 10.2. The van der Waals surface area contributed by atoms with Gasteiger partial charge in [0, 0.05) is 37.5 Å². The average molecular weight is 289 g/mol. The van der Waals surface area contributed by atoms with Gasteiger partial charge >= 0.3 is 6.03 Å². The van der Waals surface area contributed by atoms with Gasteiger partial charge < -0.3 is 15.4 Å². The topological polar surface area (TPSA) is 70.7 Å². The first-order valence-electron chi connectivity index (χ1n) is 7.29. The van der Waals surface area contributed by atoms with Crippen molar-refractivity contribution in [1.82, 2.24) is 10.6 Å². The number of carbonyl (C=O) groups is 2. The molecule has 21 heavy (non-hydrogen) atoms. The molecular formula is C15H19N3O3. The van der Waals surface area contributed by atoms with E-state index in [4.69, 9.17) is 4.74 Å². The molecule has 2 aliphatic rings.